The van der Waals surface area contributed by atoms with Crippen molar-refractivity contribution >= 4 is 11.5 Å². The number of nitrogens with two attached hydrogens (primary N) is 1. The van der Waals surface area contributed by atoms with Crippen LogP contribution in [0.1, 0.15) is 24.8 Å². The maximum atomic E-state index is 13.7. The summed E-state index contributed by atoms with van der Waals surface area (Å²) in [4.78, 5) is 3.81. The molecule has 84 valence electrons. The Morgan fingerprint density at radius 1 is 1.62 bits per heavy atom. The van der Waals surface area contributed by atoms with E-state index in [1.807, 2.05) is 6.07 Å². The molecule has 1 aliphatic carbocycles. The highest BCUT2D eigenvalue weighted by molar-refractivity contribution is 5.66. The summed E-state index contributed by atoms with van der Waals surface area (Å²) < 4.78 is 13.7. The molecular formula is C11H13FN4. The lowest BCUT2D eigenvalue weighted by molar-refractivity contribution is 0.0784. The minimum Gasteiger partial charge on any atom is -0.383 e. The molecule has 16 heavy (non-hydrogen) atoms. The van der Waals surface area contributed by atoms with Gasteiger partial charge >= 0.3 is 0 Å². The van der Waals surface area contributed by atoms with Crippen molar-refractivity contribution in [3.8, 4) is 6.07 Å². The molecule has 1 fully saturated rings. The standard InChI is InChI=1S/C11H13FN4/c12-11(3-1-4-11)7-16-9-2-5-15-10(14)8(9)6-13/h2,5H,1,3-4,7H2,(H3,14,15,16). The summed E-state index contributed by atoms with van der Waals surface area (Å²) in [6.07, 6.45) is 3.61. The molecule has 1 heterocycles. The Balaban J connectivity index is 2.10. The third-order valence-electron chi connectivity index (χ3n) is 2.94. The molecule has 0 radical (unpaired) electrons. The van der Waals surface area contributed by atoms with Crippen molar-refractivity contribution in [2.75, 3.05) is 17.6 Å². The van der Waals surface area contributed by atoms with Crippen LogP contribution in [0.4, 0.5) is 15.9 Å². The average Bonchev–Trinajstić information content (AvgIpc) is 2.24. The first-order valence-corrected chi connectivity index (χ1v) is 5.22. The van der Waals surface area contributed by atoms with Gasteiger partial charge in [-0.1, -0.05) is 0 Å². The molecule has 5 heteroatoms. The lowest BCUT2D eigenvalue weighted by atomic mass is 9.82. The van der Waals surface area contributed by atoms with Crippen molar-refractivity contribution in [2.45, 2.75) is 24.9 Å². The van der Waals surface area contributed by atoms with Crippen LogP contribution < -0.4 is 11.1 Å². The molecule has 0 unspecified atom stereocenters. The largest absolute Gasteiger partial charge is 0.383 e. The second-order valence-electron chi connectivity index (χ2n) is 4.09. The fraction of sp³-hybridized carbons (Fsp3) is 0.455. The van der Waals surface area contributed by atoms with Crippen LogP contribution in [0.2, 0.25) is 0 Å². The van der Waals surface area contributed by atoms with Crippen LogP contribution in [-0.4, -0.2) is 17.2 Å². The molecule has 0 amide bonds. The van der Waals surface area contributed by atoms with Gasteiger partial charge in [-0.15, -0.1) is 0 Å². The van der Waals surface area contributed by atoms with Gasteiger partial charge in [0.2, 0.25) is 0 Å². The van der Waals surface area contributed by atoms with E-state index < -0.39 is 5.67 Å². The van der Waals surface area contributed by atoms with Crippen molar-refractivity contribution in [3.05, 3.63) is 17.8 Å². The molecule has 0 aliphatic heterocycles. The van der Waals surface area contributed by atoms with Crippen LogP contribution in [-0.2, 0) is 0 Å². The SMILES string of the molecule is N#Cc1c(NCC2(F)CCC2)ccnc1N. The van der Waals surface area contributed by atoms with E-state index in [1.165, 1.54) is 6.20 Å². The number of nitrogen functional groups attached to an aromatic ring is 1. The van der Waals surface area contributed by atoms with E-state index in [1.54, 1.807) is 6.07 Å². The van der Waals surface area contributed by atoms with Gasteiger partial charge in [-0.05, 0) is 25.3 Å². The van der Waals surface area contributed by atoms with Crippen LogP contribution in [0.3, 0.4) is 0 Å². The summed E-state index contributed by atoms with van der Waals surface area (Å²) in [5.74, 6) is 0.175. The maximum Gasteiger partial charge on any atom is 0.143 e. The number of nitrogens with one attached hydrogen (secondary N) is 1. The first-order chi connectivity index (χ1) is 7.64. The molecule has 0 atom stereocenters. The molecule has 0 spiro atoms. The van der Waals surface area contributed by atoms with Crippen molar-refractivity contribution in [1.29, 1.82) is 5.26 Å². The van der Waals surface area contributed by atoms with Crippen molar-refractivity contribution in [2.24, 2.45) is 0 Å². The lowest BCUT2D eigenvalue weighted by Crippen LogP contribution is -2.39. The Morgan fingerprint density at radius 3 is 2.94 bits per heavy atom. The number of pyridine rings is 1. The van der Waals surface area contributed by atoms with Crippen LogP contribution in [0, 0.1) is 11.3 Å². The van der Waals surface area contributed by atoms with E-state index in [4.69, 9.17) is 11.0 Å². The monoisotopic (exact) mass is 220 g/mol. The van der Waals surface area contributed by atoms with Gasteiger partial charge in [0.1, 0.15) is 23.1 Å². The average molecular weight is 220 g/mol. The maximum absolute atomic E-state index is 13.7. The normalized spacial score (nSPS) is 17.2. The molecule has 1 aromatic heterocycles. The number of hydrogen-bond acceptors (Lipinski definition) is 4. The third-order valence-corrected chi connectivity index (χ3v) is 2.94. The van der Waals surface area contributed by atoms with E-state index in [0.717, 1.165) is 6.42 Å². The zero-order chi connectivity index (χ0) is 11.6. The van der Waals surface area contributed by atoms with Gasteiger partial charge in [-0.25, -0.2) is 9.37 Å². The van der Waals surface area contributed by atoms with Gasteiger partial charge < -0.3 is 11.1 Å². The number of nitriles is 1. The van der Waals surface area contributed by atoms with Crippen molar-refractivity contribution in [3.63, 3.8) is 0 Å². The minimum atomic E-state index is -1.12. The number of anilines is 2. The smallest absolute Gasteiger partial charge is 0.143 e. The topological polar surface area (TPSA) is 74.7 Å². The first-order valence-electron chi connectivity index (χ1n) is 5.22. The van der Waals surface area contributed by atoms with E-state index in [-0.39, 0.29) is 17.9 Å². The fourth-order valence-electron chi connectivity index (χ4n) is 1.73. The summed E-state index contributed by atoms with van der Waals surface area (Å²) >= 11 is 0. The molecule has 1 aliphatic rings. The fourth-order valence-corrected chi connectivity index (χ4v) is 1.73. The highest BCUT2D eigenvalue weighted by Gasteiger charge is 2.36. The van der Waals surface area contributed by atoms with E-state index in [2.05, 4.69) is 10.3 Å². The summed E-state index contributed by atoms with van der Waals surface area (Å²) in [5.41, 5.74) is 5.27. The Labute approximate surface area is 93.3 Å². The van der Waals surface area contributed by atoms with Crippen LogP contribution in [0.15, 0.2) is 12.3 Å². The Hall–Kier alpha value is -1.83. The summed E-state index contributed by atoms with van der Waals surface area (Å²) in [6.45, 7) is 0.227. The zero-order valence-electron chi connectivity index (χ0n) is 8.83. The number of halogens is 1. The summed E-state index contributed by atoms with van der Waals surface area (Å²) in [5, 5.41) is 11.8. The molecular weight excluding hydrogens is 207 g/mol. The van der Waals surface area contributed by atoms with E-state index >= 15 is 0 Å². The van der Waals surface area contributed by atoms with E-state index in [0.29, 0.717) is 18.5 Å². The molecule has 0 saturated heterocycles. The van der Waals surface area contributed by atoms with Crippen LogP contribution in [0.5, 0.6) is 0 Å². The zero-order valence-corrected chi connectivity index (χ0v) is 8.83. The van der Waals surface area contributed by atoms with Gasteiger partial charge in [-0.2, -0.15) is 5.26 Å². The minimum absolute atomic E-state index is 0.175. The van der Waals surface area contributed by atoms with Gasteiger partial charge in [0, 0.05) is 12.7 Å². The highest BCUT2D eigenvalue weighted by Crippen LogP contribution is 2.36. The Morgan fingerprint density at radius 2 is 2.38 bits per heavy atom. The molecule has 4 nitrogen and oxygen atoms in total. The number of nitrogens with zero attached hydrogens (tertiary/aromatic N) is 2. The van der Waals surface area contributed by atoms with Crippen molar-refractivity contribution < 1.29 is 4.39 Å². The molecule has 3 N–H and O–H groups in total. The third kappa shape index (κ3) is 1.91. The quantitative estimate of drug-likeness (QED) is 0.815. The molecule has 0 aromatic carbocycles. The second kappa shape index (κ2) is 3.97. The summed E-state index contributed by atoms with van der Waals surface area (Å²) in [7, 11) is 0. The lowest BCUT2D eigenvalue weighted by Gasteiger charge is -2.34. The van der Waals surface area contributed by atoms with Crippen molar-refractivity contribution in [1.82, 2.24) is 4.98 Å². The van der Waals surface area contributed by atoms with Gasteiger partial charge in [-0.3, -0.25) is 0 Å². The first kappa shape index (κ1) is 10.7. The molecule has 1 aromatic rings. The molecule has 2 rings (SSSR count). The van der Waals surface area contributed by atoms with Crippen LogP contribution >= 0.6 is 0 Å². The number of hydrogen-bond donors (Lipinski definition) is 2. The molecule has 1 saturated carbocycles. The van der Waals surface area contributed by atoms with Gasteiger partial charge in [0.05, 0.1) is 5.69 Å². The van der Waals surface area contributed by atoms with Crippen LogP contribution in [0.25, 0.3) is 0 Å². The summed E-state index contributed by atoms with van der Waals surface area (Å²) in [6, 6.07) is 3.60. The Kier molecular flexibility index (Phi) is 2.65. The highest BCUT2D eigenvalue weighted by atomic mass is 19.1. The number of alkyl halides is 1. The Bertz CT molecular complexity index is 434. The predicted octanol–water partition coefficient (Wildman–Crippen LogP) is 1.84. The number of aromatic nitrogens is 1. The predicted molar refractivity (Wildman–Crippen MR) is 59.5 cm³/mol. The van der Waals surface area contributed by atoms with Gasteiger partial charge in [0.15, 0.2) is 0 Å². The number of rotatable bonds is 3. The van der Waals surface area contributed by atoms with E-state index in [9.17, 15) is 4.39 Å². The van der Waals surface area contributed by atoms with Gasteiger partial charge in [0.25, 0.3) is 0 Å². The molecule has 0 bridgehead atoms. The second-order valence-corrected chi connectivity index (χ2v) is 4.09.